The Morgan fingerprint density at radius 2 is 1.92 bits per heavy atom. The molecule has 7 nitrogen and oxygen atoms in total. The molecule has 0 atom stereocenters. The third kappa shape index (κ3) is 4.88. The summed E-state index contributed by atoms with van der Waals surface area (Å²) in [5.74, 6) is 0.883. The normalized spacial score (nSPS) is 13.3. The highest BCUT2D eigenvalue weighted by Crippen LogP contribution is 2.10. The van der Waals surface area contributed by atoms with Gasteiger partial charge in [0.25, 0.3) is 0 Å². The highest BCUT2D eigenvalue weighted by molar-refractivity contribution is 6.30. The topological polar surface area (TPSA) is 81.0 Å². The average Bonchev–Trinajstić information content (AvgIpc) is 2.97. The van der Waals surface area contributed by atoms with Gasteiger partial charge < -0.3 is 10.6 Å². The zero-order chi connectivity index (χ0) is 18.4. The average molecular weight is 378 g/mol. The van der Waals surface area contributed by atoms with Crippen molar-refractivity contribution in [2.24, 2.45) is 0 Å². The molecule has 0 saturated heterocycles. The smallest absolute Gasteiger partial charge is 0.338 e. The first-order chi connectivity index (χ1) is 12.6. The van der Waals surface area contributed by atoms with E-state index in [1.165, 1.54) is 4.68 Å². The molecule has 3 rings (SSSR count). The van der Waals surface area contributed by atoms with Crippen LogP contribution in [0.3, 0.4) is 0 Å². The molecule has 0 aliphatic carbocycles. The molecule has 2 N–H and O–H groups in total. The zero-order valence-electron chi connectivity index (χ0n) is 14.7. The van der Waals surface area contributed by atoms with Crippen molar-refractivity contribution in [3.8, 4) is 0 Å². The first-order valence-electron chi connectivity index (χ1n) is 9.06. The summed E-state index contributed by atoms with van der Waals surface area (Å²) in [4.78, 5) is 24.0. The number of nitrogens with zero attached hydrogens (tertiary/aromatic N) is 3. The van der Waals surface area contributed by atoms with Crippen LogP contribution >= 0.6 is 11.6 Å². The van der Waals surface area contributed by atoms with Crippen molar-refractivity contribution in [1.29, 1.82) is 0 Å². The zero-order valence-corrected chi connectivity index (χ0v) is 15.5. The summed E-state index contributed by atoms with van der Waals surface area (Å²) >= 11 is 5.84. The summed E-state index contributed by atoms with van der Waals surface area (Å²) in [7, 11) is 0. The van der Waals surface area contributed by atoms with Crippen molar-refractivity contribution in [2.75, 3.05) is 13.1 Å². The number of rotatable bonds is 7. The fourth-order valence-corrected chi connectivity index (χ4v) is 3.18. The molecule has 8 heteroatoms. The first kappa shape index (κ1) is 18.5. The number of benzene rings is 1. The Morgan fingerprint density at radius 3 is 2.69 bits per heavy atom. The summed E-state index contributed by atoms with van der Waals surface area (Å²) in [6, 6.07) is 7.38. The van der Waals surface area contributed by atoms with E-state index in [1.807, 2.05) is 24.3 Å². The number of nitrogens with one attached hydrogen (secondary N) is 2. The standard InChI is InChI=1S/C18H24ClN5O2/c19-15-7-5-14(6-8-15)9-11-21-17(25)20-10-3-13-24-18(26)23-12-2-1-4-16(23)22-24/h5-8H,1-4,9-13H2,(H2,20,21,25). The molecular formula is C18H24ClN5O2. The minimum Gasteiger partial charge on any atom is -0.338 e. The van der Waals surface area contributed by atoms with Crippen molar-refractivity contribution in [3.63, 3.8) is 0 Å². The van der Waals surface area contributed by atoms with Crippen LogP contribution in [0.5, 0.6) is 0 Å². The van der Waals surface area contributed by atoms with Crippen LogP contribution in [-0.4, -0.2) is 33.5 Å². The number of amides is 2. The minimum absolute atomic E-state index is 0.0351. The number of urea groups is 1. The van der Waals surface area contributed by atoms with Gasteiger partial charge in [0, 0.05) is 37.6 Å². The SMILES string of the molecule is O=C(NCCCn1nc2n(c1=O)CCCC2)NCCc1ccc(Cl)cc1. The lowest BCUT2D eigenvalue weighted by atomic mass is 10.1. The largest absolute Gasteiger partial charge is 0.345 e. The highest BCUT2D eigenvalue weighted by Gasteiger charge is 2.16. The number of aryl methyl sites for hydroxylation is 2. The molecule has 0 bridgehead atoms. The molecular weight excluding hydrogens is 354 g/mol. The summed E-state index contributed by atoms with van der Waals surface area (Å²) in [5.41, 5.74) is 1.09. The predicted octanol–water partition coefficient (Wildman–Crippen LogP) is 1.97. The molecule has 1 aromatic heterocycles. The van der Waals surface area contributed by atoms with Gasteiger partial charge in [-0.15, -0.1) is 0 Å². The van der Waals surface area contributed by atoms with Crippen LogP contribution in [0.1, 0.15) is 30.7 Å². The number of carbonyl (C=O) groups is 1. The monoisotopic (exact) mass is 377 g/mol. The lowest BCUT2D eigenvalue weighted by Crippen LogP contribution is -2.37. The second kappa shape index (κ2) is 8.89. The van der Waals surface area contributed by atoms with Crippen molar-refractivity contribution >= 4 is 17.6 Å². The molecule has 0 fully saturated rings. The summed E-state index contributed by atoms with van der Waals surface area (Å²) in [6.45, 7) is 2.34. The fourth-order valence-electron chi connectivity index (χ4n) is 3.06. The quantitative estimate of drug-likeness (QED) is 0.724. The first-order valence-corrected chi connectivity index (χ1v) is 9.44. The predicted molar refractivity (Wildman–Crippen MR) is 101 cm³/mol. The third-order valence-corrected chi connectivity index (χ3v) is 4.73. The Morgan fingerprint density at radius 1 is 1.15 bits per heavy atom. The van der Waals surface area contributed by atoms with Crippen molar-refractivity contribution in [1.82, 2.24) is 25.0 Å². The Hall–Kier alpha value is -2.28. The van der Waals surface area contributed by atoms with E-state index in [9.17, 15) is 9.59 Å². The number of fused-ring (bicyclic) bond motifs is 1. The molecule has 1 aromatic carbocycles. The Kier molecular flexibility index (Phi) is 6.33. The van der Waals surface area contributed by atoms with E-state index in [4.69, 9.17) is 11.6 Å². The van der Waals surface area contributed by atoms with Crippen LogP contribution in [0.25, 0.3) is 0 Å². The minimum atomic E-state index is -0.199. The molecule has 1 aliphatic rings. The van der Waals surface area contributed by atoms with Gasteiger partial charge >= 0.3 is 11.7 Å². The van der Waals surface area contributed by atoms with Gasteiger partial charge in [-0.1, -0.05) is 23.7 Å². The van der Waals surface area contributed by atoms with E-state index in [0.29, 0.717) is 31.1 Å². The van der Waals surface area contributed by atoms with Crippen LogP contribution in [-0.2, 0) is 25.9 Å². The van der Waals surface area contributed by atoms with E-state index < -0.39 is 0 Å². The van der Waals surface area contributed by atoms with Crippen LogP contribution < -0.4 is 16.3 Å². The molecule has 1 aliphatic heterocycles. The van der Waals surface area contributed by atoms with Gasteiger partial charge in [-0.3, -0.25) is 4.57 Å². The van der Waals surface area contributed by atoms with Gasteiger partial charge in [-0.2, -0.15) is 5.10 Å². The molecule has 140 valence electrons. The lowest BCUT2D eigenvalue weighted by molar-refractivity contribution is 0.240. The second-order valence-electron chi connectivity index (χ2n) is 6.44. The van der Waals surface area contributed by atoms with E-state index in [2.05, 4.69) is 15.7 Å². The number of halogens is 1. The lowest BCUT2D eigenvalue weighted by Gasteiger charge is -2.09. The maximum atomic E-state index is 12.2. The van der Waals surface area contributed by atoms with Crippen LogP contribution in [0, 0.1) is 0 Å². The van der Waals surface area contributed by atoms with Crippen molar-refractivity contribution in [3.05, 3.63) is 51.2 Å². The van der Waals surface area contributed by atoms with Gasteiger partial charge in [0.1, 0.15) is 5.82 Å². The molecule has 2 heterocycles. The van der Waals surface area contributed by atoms with E-state index in [0.717, 1.165) is 43.6 Å². The third-order valence-electron chi connectivity index (χ3n) is 4.48. The Labute approximate surface area is 157 Å². The molecule has 0 spiro atoms. The van der Waals surface area contributed by atoms with Gasteiger partial charge in [0.2, 0.25) is 0 Å². The molecule has 0 saturated carbocycles. The number of carbonyl (C=O) groups excluding carboxylic acids is 1. The highest BCUT2D eigenvalue weighted by atomic mass is 35.5. The maximum Gasteiger partial charge on any atom is 0.345 e. The summed E-state index contributed by atoms with van der Waals surface area (Å²) < 4.78 is 3.28. The van der Waals surface area contributed by atoms with E-state index in [-0.39, 0.29) is 11.7 Å². The van der Waals surface area contributed by atoms with Crippen molar-refractivity contribution in [2.45, 2.75) is 45.2 Å². The molecule has 0 unspecified atom stereocenters. The van der Waals surface area contributed by atoms with Crippen LogP contribution in [0.2, 0.25) is 5.02 Å². The van der Waals surface area contributed by atoms with Gasteiger partial charge in [0.15, 0.2) is 0 Å². The number of aromatic nitrogens is 3. The van der Waals surface area contributed by atoms with Crippen LogP contribution in [0.15, 0.2) is 29.1 Å². The van der Waals surface area contributed by atoms with E-state index >= 15 is 0 Å². The van der Waals surface area contributed by atoms with E-state index in [1.54, 1.807) is 4.57 Å². The second-order valence-corrected chi connectivity index (χ2v) is 6.88. The van der Waals surface area contributed by atoms with Gasteiger partial charge in [0.05, 0.1) is 0 Å². The molecule has 26 heavy (non-hydrogen) atoms. The maximum absolute atomic E-state index is 12.2. The summed E-state index contributed by atoms with van der Waals surface area (Å²) in [6.07, 6.45) is 4.42. The number of hydrogen-bond donors (Lipinski definition) is 2. The van der Waals surface area contributed by atoms with Crippen molar-refractivity contribution < 1.29 is 4.79 Å². The van der Waals surface area contributed by atoms with Crippen LogP contribution in [0.4, 0.5) is 4.79 Å². The fraction of sp³-hybridized carbons (Fsp3) is 0.500. The number of hydrogen-bond acceptors (Lipinski definition) is 3. The Balaban J connectivity index is 1.33. The molecule has 2 amide bonds. The Bertz CT molecular complexity index is 797. The summed E-state index contributed by atoms with van der Waals surface area (Å²) in [5, 5.41) is 10.7. The van der Waals surface area contributed by atoms with Gasteiger partial charge in [-0.25, -0.2) is 14.3 Å². The molecule has 0 radical (unpaired) electrons. The molecule has 2 aromatic rings. The van der Waals surface area contributed by atoms with Gasteiger partial charge in [-0.05, 0) is 43.4 Å².